The lowest BCUT2D eigenvalue weighted by Crippen LogP contribution is -2.39. The molecule has 0 aliphatic carbocycles. The van der Waals surface area contributed by atoms with Crippen molar-refractivity contribution in [2.45, 2.75) is 32.7 Å². The van der Waals surface area contributed by atoms with E-state index in [1.54, 1.807) is 24.0 Å². The number of rotatable bonds is 5. The summed E-state index contributed by atoms with van der Waals surface area (Å²) in [4.78, 5) is 19.4. The molecule has 8 heteroatoms. The van der Waals surface area contributed by atoms with Crippen LogP contribution in [-0.2, 0) is 9.53 Å². The minimum absolute atomic E-state index is 0.220. The average Bonchev–Trinajstić information content (AvgIpc) is 2.97. The first-order valence-corrected chi connectivity index (χ1v) is 9.44. The van der Waals surface area contributed by atoms with Gasteiger partial charge in [0.25, 0.3) is 0 Å². The molecular formula is C19H19FN4O2S. The number of aliphatic imine (C=N–C) groups is 1. The molecule has 6 nitrogen and oxygen atoms in total. The summed E-state index contributed by atoms with van der Waals surface area (Å²) in [5.41, 5.74) is 7.84. The molecule has 1 aromatic carbocycles. The third-order valence-corrected chi connectivity index (χ3v) is 5.21. The van der Waals surface area contributed by atoms with E-state index in [4.69, 9.17) is 10.5 Å². The predicted octanol–water partition coefficient (Wildman–Crippen LogP) is 3.55. The Kier molecular flexibility index (Phi) is 5.51. The Hall–Kier alpha value is -2.79. The van der Waals surface area contributed by atoms with Crippen LogP contribution < -0.4 is 5.73 Å². The van der Waals surface area contributed by atoms with Gasteiger partial charge in [0.15, 0.2) is 5.17 Å². The second-order valence-corrected chi connectivity index (χ2v) is 6.96. The number of esters is 1. The van der Waals surface area contributed by atoms with Gasteiger partial charge in [-0.3, -0.25) is 4.90 Å². The molecule has 2 heterocycles. The Morgan fingerprint density at radius 2 is 2.11 bits per heavy atom. The molecule has 2 aliphatic heterocycles. The molecule has 0 unspecified atom stereocenters. The van der Waals surface area contributed by atoms with Gasteiger partial charge in [0, 0.05) is 0 Å². The zero-order chi connectivity index (χ0) is 19.6. The molecule has 3 rings (SSSR count). The van der Waals surface area contributed by atoms with Crippen LogP contribution in [0, 0.1) is 17.1 Å². The van der Waals surface area contributed by atoms with Gasteiger partial charge in [0.05, 0.1) is 23.9 Å². The van der Waals surface area contributed by atoms with E-state index < -0.39 is 12.0 Å². The minimum atomic E-state index is -0.628. The van der Waals surface area contributed by atoms with Crippen molar-refractivity contribution >= 4 is 22.9 Å². The summed E-state index contributed by atoms with van der Waals surface area (Å²) in [6, 6.07) is 7.31. The van der Waals surface area contributed by atoms with Crippen molar-refractivity contribution in [1.82, 2.24) is 4.90 Å². The van der Waals surface area contributed by atoms with E-state index in [1.165, 1.54) is 23.9 Å². The van der Waals surface area contributed by atoms with Crippen molar-refractivity contribution < 1.29 is 13.9 Å². The third kappa shape index (κ3) is 3.43. The van der Waals surface area contributed by atoms with Crippen LogP contribution in [0.5, 0.6) is 0 Å². The Bertz CT molecular complexity index is 899. The molecule has 27 heavy (non-hydrogen) atoms. The molecular weight excluding hydrogens is 367 g/mol. The molecule has 1 atom stereocenters. The van der Waals surface area contributed by atoms with E-state index in [9.17, 15) is 14.4 Å². The highest BCUT2D eigenvalue weighted by Crippen LogP contribution is 2.46. The summed E-state index contributed by atoms with van der Waals surface area (Å²) in [6.07, 6.45) is 1.36. The first-order chi connectivity index (χ1) is 13.0. The highest BCUT2D eigenvalue weighted by Gasteiger charge is 2.43. The van der Waals surface area contributed by atoms with Gasteiger partial charge in [-0.15, -0.1) is 0 Å². The zero-order valence-corrected chi connectivity index (χ0v) is 15.8. The number of allylic oxidation sites excluding steroid dienone is 2. The monoisotopic (exact) mass is 386 g/mol. The molecule has 0 saturated heterocycles. The number of hydrogen-bond donors (Lipinski definition) is 1. The van der Waals surface area contributed by atoms with Crippen LogP contribution in [0.4, 0.5) is 4.39 Å². The van der Waals surface area contributed by atoms with E-state index in [1.807, 2.05) is 6.92 Å². The number of thioether (sulfide) groups is 1. The number of ether oxygens (including phenoxy) is 1. The van der Waals surface area contributed by atoms with Gasteiger partial charge in [-0.2, -0.15) is 5.26 Å². The standard InChI is InChI=1S/C19H19FN4O2S/c1-3-5-13-15(18(25)26-4-2)16(11-6-8-12(20)9-7-11)24-17(22)14(10-21)27-19(24)23-13/h6-9,16H,3-5,22H2,1-2H3/t16-/m0/s1. The van der Waals surface area contributed by atoms with Gasteiger partial charge >= 0.3 is 5.97 Å². The highest BCUT2D eigenvalue weighted by atomic mass is 32.2. The summed E-state index contributed by atoms with van der Waals surface area (Å²) < 4.78 is 18.7. The largest absolute Gasteiger partial charge is 0.463 e. The molecule has 2 aliphatic rings. The minimum Gasteiger partial charge on any atom is -0.463 e. The van der Waals surface area contributed by atoms with Crippen LogP contribution in [0.3, 0.4) is 0 Å². The van der Waals surface area contributed by atoms with Crippen LogP contribution in [-0.4, -0.2) is 22.6 Å². The number of benzene rings is 1. The lowest BCUT2D eigenvalue weighted by molar-refractivity contribution is -0.139. The number of carbonyl (C=O) groups excluding carboxylic acids is 1. The number of fused-ring (bicyclic) bond motifs is 1. The van der Waals surface area contributed by atoms with Gasteiger partial charge < -0.3 is 10.5 Å². The predicted molar refractivity (Wildman–Crippen MR) is 101 cm³/mol. The van der Waals surface area contributed by atoms with Gasteiger partial charge in [-0.05, 0) is 42.8 Å². The van der Waals surface area contributed by atoms with E-state index in [-0.39, 0.29) is 18.2 Å². The molecule has 0 bridgehead atoms. The number of halogens is 1. The van der Waals surface area contributed by atoms with Crippen molar-refractivity contribution in [3.05, 3.63) is 57.6 Å². The lowest BCUT2D eigenvalue weighted by Gasteiger charge is -2.35. The summed E-state index contributed by atoms with van der Waals surface area (Å²) >= 11 is 1.17. The summed E-state index contributed by atoms with van der Waals surface area (Å²) in [5.74, 6) is -0.634. The van der Waals surface area contributed by atoms with Crippen LogP contribution in [0.1, 0.15) is 38.3 Å². The molecule has 0 amide bonds. The molecule has 1 aromatic rings. The lowest BCUT2D eigenvalue weighted by atomic mass is 9.93. The van der Waals surface area contributed by atoms with E-state index in [0.717, 1.165) is 6.42 Å². The Morgan fingerprint density at radius 1 is 1.41 bits per heavy atom. The van der Waals surface area contributed by atoms with Gasteiger partial charge in [-0.1, -0.05) is 25.5 Å². The fourth-order valence-corrected chi connectivity index (χ4v) is 3.99. The van der Waals surface area contributed by atoms with Crippen molar-refractivity contribution in [3.63, 3.8) is 0 Å². The fraction of sp³-hybridized carbons (Fsp3) is 0.316. The molecule has 2 N–H and O–H groups in total. The number of amidine groups is 1. The zero-order valence-electron chi connectivity index (χ0n) is 15.0. The second-order valence-electron chi connectivity index (χ2n) is 5.98. The summed E-state index contributed by atoms with van der Waals surface area (Å²) in [5, 5.41) is 9.90. The smallest absolute Gasteiger partial charge is 0.338 e. The Balaban J connectivity index is 2.21. The molecule has 0 spiro atoms. The number of hydrogen-bond acceptors (Lipinski definition) is 7. The van der Waals surface area contributed by atoms with Crippen molar-refractivity contribution in [2.24, 2.45) is 10.7 Å². The van der Waals surface area contributed by atoms with Crippen molar-refractivity contribution in [3.8, 4) is 6.07 Å². The molecule has 0 radical (unpaired) electrons. The molecule has 0 fully saturated rings. The van der Waals surface area contributed by atoms with Crippen molar-refractivity contribution in [2.75, 3.05) is 6.61 Å². The maximum atomic E-state index is 13.5. The number of nitriles is 1. The Morgan fingerprint density at radius 3 is 2.70 bits per heavy atom. The fourth-order valence-electron chi connectivity index (χ4n) is 3.10. The van der Waals surface area contributed by atoms with E-state index in [0.29, 0.717) is 33.3 Å². The number of nitrogens with two attached hydrogens (primary N) is 1. The maximum absolute atomic E-state index is 13.5. The topological polar surface area (TPSA) is 91.7 Å². The van der Waals surface area contributed by atoms with E-state index in [2.05, 4.69) is 11.1 Å². The third-order valence-electron chi connectivity index (χ3n) is 4.23. The van der Waals surface area contributed by atoms with Crippen LogP contribution in [0.25, 0.3) is 0 Å². The second kappa shape index (κ2) is 7.84. The number of nitrogens with zero attached hydrogens (tertiary/aromatic N) is 3. The maximum Gasteiger partial charge on any atom is 0.338 e. The van der Waals surface area contributed by atoms with Gasteiger partial charge in [0.1, 0.15) is 22.6 Å². The van der Waals surface area contributed by atoms with Crippen LogP contribution >= 0.6 is 11.8 Å². The van der Waals surface area contributed by atoms with Gasteiger partial charge in [0.2, 0.25) is 0 Å². The molecule has 0 saturated carbocycles. The quantitative estimate of drug-likeness (QED) is 0.778. The molecule has 140 valence electrons. The van der Waals surface area contributed by atoms with Gasteiger partial charge in [-0.25, -0.2) is 14.2 Å². The SMILES string of the molecule is CCCC1=C(C(=O)OCC)[C@H](c2ccc(F)cc2)N2C(=N1)SC(C#N)=C2N. The van der Waals surface area contributed by atoms with Crippen LogP contribution in [0.2, 0.25) is 0 Å². The van der Waals surface area contributed by atoms with E-state index >= 15 is 0 Å². The number of carbonyl (C=O) groups is 1. The first-order valence-electron chi connectivity index (χ1n) is 8.63. The first kappa shape index (κ1) is 19.0. The normalized spacial score (nSPS) is 19.0. The summed E-state index contributed by atoms with van der Waals surface area (Å²) in [7, 11) is 0. The van der Waals surface area contributed by atoms with Crippen molar-refractivity contribution in [1.29, 1.82) is 5.26 Å². The molecule has 0 aromatic heterocycles. The Labute approximate surface area is 161 Å². The summed E-state index contributed by atoms with van der Waals surface area (Å²) in [6.45, 7) is 3.94. The average molecular weight is 386 g/mol. The highest BCUT2D eigenvalue weighted by molar-refractivity contribution is 8.17. The van der Waals surface area contributed by atoms with Crippen LogP contribution in [0.15, 0.2) is 51.3 Å².